The summed E-state index contributed by atoms with van der Waals surface area (Å²) in [6.45, 7) is 5.37. The van der Waals surface area contributed by atoms with Gasteiger partial charge in [0.05, 0.1) is 22.9 Å². The van der Waals surface area contributed by atoms with E-state index in [1.54, 1.807) is 16.2 Å². The molecule has 1 aromatic heterocycles. The summed E-state index contributed by atoms with van der Waals surface area (Å²) in [6.07, 6.45) is 2.74. The highest BCUT2D eigenvalue weighted by molar-refractivity contribution is 7.22. The van der Waals surface area contributed by atoms with Gasteiger partial charge in [0.2, 0.25) is 5.91 Å². The fourth-order valence-electron chi connectivity index (χ4n) is 2.66. The second kappa shape index (κ2) is 6.12. The summed E-state index contributed by atoms with van der Waals surface area (Å²) in [5.74, 6) is 0.113. The van der Waals surface area contributed by atoms with Crippen LogP contribution in [0.1, 0.15) is 31.7 Å². The van der Waals surface area contributed by atoms with E-state index in [1.807, 2.05) is 13.0 Å². The van der Waals surface area contributed by atoms with E-state index in [9.17, 15) is 4.79 Å². The number of amides is 1. The Labute approximate surface area is 128 Å². The van der Waals surface area contributed by atoms with Gasteiger partial charge in [-0.2, -0.15) is 0 Å². The van der Waals surface area contributed by atoms with Crippen LogP contribution in [0.4, 0.5) is 5.13 Å². The van der Waals surface area contributed by atoms with Gasteiger partial charge in [0.1, 0.15) is 0 Å². The maximum absolute atomic E-state index is 12.3. The number of carbonyl (C=O) groups is 1. The van der Waals surface area contributed by atoms with E-state index in [1.165, 1.54) is 0 Å². The second-order valence-corrected chi connectivity index (χ2v) is 6.42. The first-order valence-corrected chi connectivity index (χ1v) is 8.29. The Morgan fingerprint density at radius 3 is 3.05 bits per heavy atom. The van der Waals surface area contributed by atoms with Gasteiger partial charge in [-0.1, -0.05) is 30.4 Å². The quantitative estimate of drug-likeness (QED) is 0.868. The SMILES string of the molecule is CCC(=O)N(CC1CCCO1)c1nc2c(C)cccc2s1. The maximum Gasteiger partial charge on any atom is 0.228 e. The molecular weight excluding hydrogens is 284 g/mol. The number of para-hydroxylation sites is 1. The summed E-state index contributed by atoms with van der Waals surface area (Å²) in [4.78, 5) is 18.8. The molecule has 0 N–H and O–H groups in total. The van der Waals surface area contributed by atoms with Crippen LogP contribution >= 0.6 is 11.3 Å². The Hall–Kier alpha value is -1.46. The monoisotopic (exact) mass is 304 g/mol. The molecule has 21 heavy (non-hydrogen) atoms. The zero-order valence-corrected chi connectivity index (χ0v) is 13.3. The highest BCUT2D eigenvalue weighted by Crippen LogP contribution is 2.31. The third-order valence-corrected chi connectivity index (χ3v) is 4.90. The minimum atomic E-state index is 0.113. The van der Waals surface area contributed by atoms with Gasteiger partial charge in [-0.05, 0) is 31.4 Å². The normalized spacial score (nSPS) is 18.3. The van der Waals surface area contributed by atoms with Crippen LogP contribution in [0.25, 0.3) is 10.2 Å². The number of ether oxygens (including phenoxy) is 1. The van der Waals surface area contributed by atoms with Crippen molar-refractivity contribution in [2.24, 2.45) is 0 Å². The van der Waals surface area contributed by atoms with Gasteiger partial charge < -0.3 is 4.74 Å². The predicted octanol–water partition coefficient (Wildman–Crippen LogP) is 3.53. The minimum absolute atomic E-state index is 0.113. The summed E-state index contributed by atoms with van der Waals surface area (Å²) in [5, 5.41) is 0.793. The summed E-state index contributed by atoms with van der Waals surface area (Å²) < 4.78 is 6.81. The van der Waals surface area contributed by atoms with Gasteiger partial charge in [0, 0.05) is 13.0 Å². The topological polar surface area (TPSA) is 42.4 Å². The first kappa shape index (κ1) is 14.5. The fraction of sp³-hybridized carbons (Fsp3) is 0.500. The predicted molar refractivity (Wildman–Crippen MR) is 86.0 cm³/mol. The molecule has 1 amide bonds. The fourth-order valence-corrected chi connectivity index (χ4v) is 3.73. The molecule has 1 fully saturated rings. The van der Waals surface area contributed by atoms with Crippen LogP contribution in [-0.4, -0.2) is 30.1 Å². The molecule has 0 radical (unpaired) electrons. The van der Waals surface area contributed by atoms with Crippen molar-refractivity contribution in [2.75, 3.05) is 18.1 Å². The number of aromatic nitrogens is 1. The lowest BCUT2D eigenvalue weighted by molar-refractivity contribution is -0.118. The van der Waals surface area contributed by atoms with Crippen molar-refractivity contribution in [3.63, 3.8) is 0 Å². The average molecular weight is 304 g/mol. The summed E-state index contributed by atoms with van der Waals surface area (Å²) in [5.41, 5.74) is 2.15. The molecule has 1 aliphatic rings. The molecule has 2 heterocycles. The Morgan fingerprint density at radius 2 is 2.38 bits per heavy atom. The van der Waals surface area contributed by atoms with Crippen LogP contribution in [0.15, 0.2) is 18.2 Å². The molecule has 112 valence electrons. The molecule has 0 bridgehead atoms. The third kappa shape index (κ3) is 2.94. The van der Waals surface area contributed by atoms with Gasteiger partial charge in [0.25, 0.3) is 0 Å². The standard InChI is InChI=1S/C16H20N2O2S/c1-3-14(19)18(10-12-7-5-9-20-12)16-17-15-11(2)6-4-8-13(15)21-16/h4,6,8,12H,3,5,7,9-10H2,1-2H3. The van der Waals surface area contributed by atoms with Crippen molar-refractivity contribution >= 4 is 32.6 Å². The van der Waals surface area contributed by atoms with E-state index in [-0.39, 0.29) is 12.0 Å². The molecule has 1 aliphatic heterocycles. The summed E-state index contributed by atoms with van der Waals surface area (Å²) >= 11 is 1.59. The van der Waals surface area contributed by atoms with Crippen LogP contribution in [0, 0.1) is 6.92 Å². The van der Waals surface area contributed by atoms with Crippen molar-refractivity contribution in [3.8, 4) is 0 Å². The van der Waals surface area contributed by atoms with Crippen LogP contribution in [-0.2, 0) is 9.53 Å². The number of nitrogens with zero attached hydrogens (tertiary/aromatic N) is 2. The number of anilines is 1. The van der Waals surface area contributed by atoms with E-state index in [0.717, 1.165) is 40.4 Å². The first-order chi connectivity index (χ1) is 10.2. The van der Waals surface area contributed by atoms with Crippen LogP contribution in [0.3, 0.4) is 0 Å². The molecule has 1 atom stereocenters. The molecule has 1 unspecified atom stereocenters. The van der Waals surface area contributed by atoms with Gasteiger partial charge >= 0.3 is 0 Å². The van der Waals surface area contributed by atoms with Gasteiger partial charge in [-0.15, -0.1) is 0 Å². The number of thiazole rings is 1. The van der Waals surface area contributed by atoms with Crippen LogP contribution in [0.5, 0.6) is 0 Å². The average Bonchev–Trinajstić information content (AvgIpc) is 3.13. The Bertz CT molecular complexity index is 647. The highest BCUT2D eigenvalue weighted by Gasteiger charge is 2.25. The Balaban J connectivity index is 1.93. The molecule has 0 aliphatic carbocycles. The summed E-state index contributed by atoms with van der Waals surface area (Å²) in [6, 6.07) is 6.15. The van der Waals surface area contributed by atoms with Crippen molar-refractivity contribution < 1.29 is 9.53 Å². The molecule has 2 aromatic rings. The van der Waals surface area contributed by atoms with Crippen LogP contribution in [0.2, 0.25) is 0 Å². The van der Waals surface area contributed by atoms with Gasteiger partial charge in [-0.3, -0.25) is 9.69 Å². The van der Waals surface area contributed by atoms with E-state index >= 15 is 0 Å². The van der Waals surface area contributed by atoms with E-state index in [0.29, 0.717) is 13.0 Å². The van der Waals surface area contributed by atoms with Gasteiger partial charge in [-0.25, -0.2) is 4.98 Å². The number of rotatable bonds is 4. The number of fused-ring (bicyclic) bond motifs is 1. The summed E-state index contributed by atoms with van der Waals surface area (Å²) in [7, 11) is 0. The van der Waals surface area contributed by atoms with E-state index < -0.39 is 0 Å². The molecule has 5 heteroatoms. The highest BCUT2D eigenvalue weighted by atomic mass is 32.1. The lowest BCUT2D eigenvalue weighted by Gasteiger charge is -2.22. The van der Waals surface area contributed by atoms with Crippen LogP contribution < -0.4 is 4.90 Å². The number of benzene rings is 1. The Morgan fingerprint density at radius 1 is 1.52 bits per heavy atom. The Kier molecular flexibility index (Phi) is 4.22. The lowest BCUT2D eigenvalue weighted by atomic mass is 10.2. The largest absolute Gasteiger partial charge is 0.376 e. The number of hydrogen-bond acceptors (Lipinski definition) is 4. The molecule has 1 aromatic carbocycles. The molecule has 0 spiro atoms. The third-order valence-electron chi connectivity index (χ3n) is 3.85. The molecule has 0 saturated carbocycles. The first-order valence-electron chi connectivity index (χ1n) is 7.47. The second-order valence-electron chi connectivity index (χ2n) is 5.41. The van der Waals surface area contributed by atoms with E-state index in [4.69, 9.17) is 9.72 Å². The minimum Gasteiger partial charge on any atom is -0.376 e. The molecular formula is C16H20N2O2S. The van der Waals surface area contributed by atoms with Crippen molar-refractivity contribution in [2.45, 2.75) is 39.2 Å². The van der Waals surface area contributed by atoms with Gasteiger partial charge in [0.15, 0.2) is 5.13 Å². The van der Waals surface area contributed by atoms with Crippen molar-refractivity contribution in [3.05, 3.63) is 23.8 Å². The smallest absolute Gasteiger partial charge is 0.228 e. The van der Waals surface area contributed by atoms with Crippen molar-refractivity contribution in [1.82, 2.24) is 4.98 Å². The maximum atomic E-state index is 12.3. The number of carbonyl (C=O) groups excluding carboxylic acids is 1. The zero-order chi connectivity index (χ0) is 14.8. The van der Waals surface area contributed by atoms with Crippen molar-refractivity contribution in [1.29, 1.82) is 0 Å². The molecule has 3 rings (SSSR count). The van der Waals surface area contributed by atoms with E-state index in [2.05, 4.69) is 19.1 Å². The molecule has 4 nitrogen and oxygen atoms in total. The number of hydrogen-bond donors (Lipinski definition) is 0. The number of aryl methyl sites for hydroxylation is 1. The zero-order valence-electron chi connectivity index (χ0n) is 12.5. The molecule has 1 saturated heterocycles. The lowest BCUT2D eigenvalue weighted by Crippen LogP contribution is -2.37.